The summed E-state index contributed by atoms with van der Waals surface area (Å²) >= 11 is 0. The quantitative estimate of drug-likeness (QED) is 0.400. The standard InChI is InChI=1S/C6H14N2O3/c1-2-3-7-6(11)8-5(10)4-9/h5,9-10H,2-4H2,1H3,(H2,7,8,11). The molecular formula is C6H14N2O3. The van der Waals surface area contributed by atoms with Crippen molar-refractivity contribution in [3.8, 4) is 0 Å². The van der Waals surface area contributed by atoms with Crippen LogP contribution in [0.2, 0.25) is 0 Å². The lowest BCUT2D eigenvalue weighted by Gasteiger charge is -2.09. The van der Waals surface area contributed by atoms with Crippen LogP contribution in [0.1, 0.15) is 13.3 Å². The summed E-state index contributed by atoms with van der Waals surface area (Å²) in [7, 11) is 0. The molecule has 0 fully saturated rings. The van der Waals surface area contributed by atoms with E-state index in [2.05, 4.69) is 10.6 Å². The summed E-state index contributed by atoms with van der Waals surface area (Å²) in [6.07, 6.45) is -0.338. The molecule has 0 bridgehead atoms. The molecule has 0 saturated carbocycles. The van der Waals surface area contributed by atoms with Gasteiger partial charge < -0.3 is 20.8 Å². The first kappa shape index (κ1) is 10.2. The van der Waals surface area contributed by atoms with Crippen LogP contribution in [0.4, 0.5) is 4.79 Å². The van der Waals surface area contributed by atoms with Crippen LogP contribution in [-0.4, -0.2) is 35.6 Å². The van der Waals surface area contributed by atoms with Gasteiger partial charge in [-0.3, -0.25) is 0 Å². The topological polar surface area (TPSA) is 81.6 Å². The Labute approximate surface area is 65.4 Å². The fourth-order valence-electron chi connectivity index (χ4n) is 0.487. The monoisotopic (exact) mass is 162 g/mol. The van der Waals surface area contributed by atoms with E-state index in [0.29, 0.717) is 6.54 Å². The minimum absolute atomic E-state index is 0.464. The van der Waals surface area contributed by atoms with E-state index in [0.717, 1.165) is 6.42 Å². The molecule has 66 valence electrons. The Kier molecular flexibility index (Phi) is 5.50. The number of aliphatic hydroxyl groups is 2. The minimum atomic E-state index is -1.17. The maximum Gasteiger partial charge on any atom is 0.316 e. The first-order valence-corrected chi connectivity index (χ1v) is 3.54. The molecule has 0 aromatic rings. The van der Waals surface area contributed by atoms with Crippen LogP contribution in [-0.2, 0) is 0 Å². The summed E-state index contributed by atoms with van der Waals surface area (Å²) in [5.41, 5.74) is 0. The van der Waals surface area contributed by atoms with Crippen molar-refractivity contribution in [2.24, 2.45) is 0 Å². The van der Waals surface area contributed by atoms with Crippen LogP contribution in [0.5, 0.6) is 0 Å². The Hall–Kier alpha value is -0.810. The lowest BCUT2D eigenvalue weighted by molar-refractivity contribution is 0.0753. The molecule has 5 heteroatoms. The van der Waals surface area contributed by atoms with Crippen LogP contribution in [0, 0.1) is 0 Å². The first-order chi connectivity index (χ1) is 5.20. The normalized spacial score (nSPS) is 12.3. The Morgan fingerprint density at radius 2 is 2.27 bits per heavy atom. The molecule has 0 aromatic carbocycles. The van der Waals surface area contributed by atoms with E-state index in [1.807, 2.05) is 6.92 Å². The third-order valence-electron chi connectivity index (χ3n) is 1.01. The van der Waals surface area contributed by atoms with Crippen LogP contribution in [0.15, 0.2) is 0 Å². The molecule has 0 aliphatic carbocycles. The largest absolute Gasteiger partial charge is 0.392 e. The molecule has 1 unspecified atom stereocenters. The fourth-order valence-corrected chi connectivity index (χ4v) is 0.487. The number of rotatable bonds is 4. The van der Waals surface area contributed by atoms with Gasteiger partial charge in [0.2, 0.25) is 0 Å². The van der Waals surface area contributed by atoms with Gasteiger partial charge in [-0.1, -0.05) is 6.92 Å². The van der Waals surface area contributed by atoms with E-state index in [9.17, 15) is 4.79 Å². The second-order valence-corrected chi connectivity index (χ2v) is 2.10. The molecule has 0 aliphatic heterocycles. The van der Waals surface area contributed by atoms with Crippen molar-refractivity contribution in [3.63, 3.8) is 0 Å². The van der Waals surface area contributed by atoms with Crippen LogP contribution in [0.25, 0.3) is 0 Å². The van der Waals surface area contributed by atoms with Crippen molar-refractivity contribution in [1.29, 1.82) is 0 Å². The van der Waals surface area contributed by atoms with Gasteiger partial charge in [0.15, 0.2) is 6.23 Å². The number of aliphatic hydroxyl groups excluding tert-OH is 2. The summed E-state index contributed by atoms with van der Waals surface area (Å²) in [6.45, 7) is 2.01. The number of urea groups is 1. The number of amides is 2. The smallest absolute Gasteiger partial charge is 0.316 e. The number of carbonyl (C=O) groups is 1. The highest BCUT2D eigenvalue weighted by Crippen LogP contribution is 1.75. The van der Waals surface area contributed by atoms with Gasteiger partial charge in [0, 0.05) is 6.54 Å². The maximum atomic E-state index is 10.7. The van der Waals surface area contributed by atoms with E-state index in [1.165, 1.54) is 0 Å². The van der Waals surface area contributed by atoms with Crippen molar-refractivity contribution in [3.05, 3.63) is 0 Å². The van der Waals surface area contributed by atoms with E-state index < -0.39 is 18.9 Å². The van der Waals surface area contributed by atoms with E-state index in [-0.39, 0.29) is 0 Å². The maximum absolute atomic E-state index is 10.7. The molecule has 5 nitrogen and oxygen atoms in total. The molecule has 2 amide bonds. The molecule has 0 saturated heterocycles. The summed E-state index contributed by atoms with van der Waals surface area (Å²) in [5, 5.41) is 21.6. The summed E-state index contributed by atoms with van der Waals surface area (Å²) in [6, 6.07) is -0.464. The van der Waals surface area contributed by atoms with E-state index in [1.54, 1.807) is 0 Å². The summed E-state index contributed by atoms with van der Waals surface area (Å²) < 4.78 is 0. The zero-order chi connectivity index (χ0) is 8.69. The summed E-state index contributed by atoms with van der Waals surface area (Å²) in [4.78, 5) is 10.7. The zero-order valence-electron chi connectivity index (χ0n) is 6.50. The van der Waals surface area contributed by atoms with E-state index >= 15 is 0 Å². The second-order valence-electron chi connectivity index (χ2n) is 2.10. The molecule has 1 atom stereocenters. The predicted molar refractivity (Wildman–Crippen MR) is 39.9 cm³/mol. The van der Waals surface area contributed by atoms with Gasteiger partial charge in [-0.05, 0) is 6.42 Å². The third kappa shape index (κ3) is 5.63. The van der Waals surface area contributed by atoms with Gasteiger partial charge in [0.1, 0.15) is 0 Å². The average Bonchev–Trinajstić information content (AvgIpc) is 2.00. The van der Waals surface area contributed by atoms with Gasteiger partial charge in [-0.2, -0.15) is 0 Å². The van der Waals surface area contributed by atoms with E-state index in [4.69, 9.17) is 10.2 Å². The van der Waals surface area contributed by atoms with Crippen LogP contribution in [0.3, 0.4) is 0 Å². The average molecular weight is 162 g/mol. The highest BCUT2D eigenvalue weighted by Gasteiger charge is 2.04. The molecule has 0 spiro atoms. The van der Waals surface area contributed by atoms with Gasteiger partial charge in [0.05, 0.1) is 6.61 Å². The van der Waals surface area contributed by atoms with Gasteiger partial charge in [0.25, 0.3) is 0 Å². The Morgan fingerprint density at radius 1 is 1.64 bits per heavy atom. The highest BCUT2D eigenvalue weighted by atomic mass is 16.3. The predicted octanol–water partition coefficient (Wildman–Crippen LogP) is -0.994. The Bertz CT molecular complexity index is 118. The molecule has 11 heavy (non-hydrogen) atoms. The van der Waals surface area contributed by atoms with Crippen LogP contribution < -0.4 is 10.6 Å². The van der Waals surface area contributed by atoms with Gasteiger partial charge in [-0.25, -0.2) is 4.79 Å². The molecule has 0 aromatic heterocycles. The Balaban J connectivity index is 3.36. The van der Waals surface area contributed by atoms with Crippen molar-refractivity contribution in [2.45, 2.75) is 19.6 Å². The molecule has 0 radical (unpaired) electrons. The minimum Gasteiger partial charge on any atom is -0.392 e. The molecule has 0 rings (SSSR count). The molecule has 0 heterocycles. The van der Waals surface area contributed by atoms with Crippen molar-refractivity contribution < 1.29 is 15.0 Å². The SMILES string of the molecule is CCCNC(=O)NC(O)CO. The lowest BCUT2D eigenvalue weighted by Crippen LogP contribution is -2.43. The summed E-state index contributed by atoms with van der Waals surface area (Å²) in [5.74, 6) is 0. The van der Waals surface area contributed by atoms with Crippen molar-refractivity contribution >= 4 is 6.03 Å². The Morgan fingerprint density at radius 3 is 2.73 bits per heavy atom. The van der Waals surface area contributed by atoms with Gasteiger partial charge in [-0.15, -0.1) is 0 Å². The second kappa shape index (κ2) is 5.94. The number of carbonyl (C=O) groups excluding carboxylic acids is 1. The van der Waals surface area contributed by atoms with Crippen LogP contribution >= 0.6 is 0 Å². The zero-order valence-corrected chi connectivity index (χ0v) is 6.50. The molecule has 0 aliphatic rings. The number of hydrogen-bond donors (Lipinski definition) is 4. The highest BCUT2D eigenvalue weighted by molar-refractivity contribution is 5.73. The number of nitrogens with one attached hydrogen (secondary N) is 2. The molecule has 4 N–H and O–H groups in total. The van der Waals surface area contributed by atoms with Crippen molar-refractivity contribution in [1.82, 2.24) is 10.6 Å². The first-order valence-electron chi connectivity index (χ1n) is 3.54. The molecular weight excluding hydrogens is 148 g/mol. The number of hydrogen-bond acceptors (Lipinski definition) is 3. The fraction of sp³-hybridized carbons (Fsp3) is 0.833. The van der Waals surface area contributed by atoms with Crippen molar-refractivity contribution in [2.75, 3.05) is 13.2 Å². The van der Waals surface area contributed by atoms with Gasteiger partial charge >= 0.3 is 6.03 Å². The third-order valence-corrected chi connectivity index (χ3v) is 1.01. The lowest BCUT2D eigenvalue weighted by atomic mass is 10.5.